The van der Waals surface area contributed by atoms with E-state index in [1.165, 1.54) is 16.4 Å². The number of primary sulfonamides is 1. The summed E-state index contributed by atoms with van der Waals surface area (Å²) in [6, 6.07) is 2.47. The highest BCUT2D eigenvalue weighted by atomic mass is 35.5. The van der Waals surface area contributed by atoms with Gasteiger partial charge in [0.15, 0.2) is 0 Å². The van der Waals surface area contributed by atoms with E-state index in [0.29, 0.717) is 44.1 Å². The van der Waals surface area contributed by atoms with Gasteiger partial charge in [0.25, 0.3) is 10.0 Å². The molecule has 1 fully saturated rings. The highest BCUT2D eigenvalue weighted by molar-refractivity contribution is 7.93. The first-order chi connectivity index (χ1) is 9.75. The number of hydrogen-bond donors (Lipinski definition) is 2. The van der Waals surface area contributed by atoms with E-state index in [-0.39, 0.29) is 27.4 Å². The second-order valence-corrected chi connectivity index (χ2v) is 9.62. The van der Waals surface area contributed by atoms with E-state index in [1.54, 1.807) is 0 Å². The number of aliphatic hydroxyl groups excluding tert-OH is 1. The molecule has 0 radical (unpaired) electrons. The number of piperazine rings is 1. The summed E-state index contributed by atoms with van der Waals surface area (Å²) >= 11 is 0.655. The Morgan fingerprint density at radius 1 is 1.09 bits per heavy atom. The molecule has 128 valence electrons. The zero-order valence-electron chi connectivity index (χ0n) is 11.6. The average Bonchev–Trinajstić information content (AvgIpc) is 2.90. The molecule has 1 aliphatic heterocycles. The van der Waals surface area contributed by atoms with Gasteiger partial charge in [0.2, 0.25) is 10.0 Å². The smallest absolute Gasteiger partial charge is 0.252 e. The lowest BCUT2D eigenvalue weighted by molar-refractivity contribution is 0.151. The molecular weight excluding hydrogens is 374 g/mol. The Labute approximate surface area is 140 Å². The maximum absolute atomic E-state index is 12.4. The molecule has 1 aromatic heterocycles. The van der Waals surface area contributed by atoms with Gasteiger partial charge in [-0.1, -0.05) is 0 Å². The fraction of sp³-hybridized carbons (Fsp3) is 0.600. The van der Waals surface area contributed by atoms with E-state index in [1.807, 2.05) is 4.90 Å². The predicted octanol–water partition coefficient (Wildman–Crippen LogP) is -0.884. The Balaban J connectivity index is 0.00000242. The molecule has 12 heteroatoms. The van der Waals surface area contributed by atoms with Gasteiger partial charge in [0, 0.05) is 32.7 Å². The summed E-state index contributed by atoms with van der Waals surface area (Å²) in [5.74, 6) is 0. The van der Waals surface area contributed by atoms with Crippen LogP contribution in [0.4, 0.5) is 0 Å². The fourth-order valence-electron chi connectivity index (χ4n) is 2.06. The van der Waals surface area contributed by atoms with E-state index in [4.69, 9.17) is 10.2 Å². The van der Waals surface area contributed by atoms with Gasteiger partial charge in [0.1, 0.15) is 8.42 Å². The van der Waals surface area contributed by atoms with Crippen LogP contribution in [0, 0.1) is 0 Å². The Morgan fingerprint density at radius 3 is 2.09 bits per heavy atom. The molecule has 0 bridgehead atoms. The van der Waals surface area contributed by atoms with E-state index in [2.05, 4.69) is 0 Å². The summed E-state index contributed by atoms with van der Waals surface area (Å²) < 4.78 is 48.4. The highest BCUT2D eigenvalue weighted by Gasteiger charge is 2.30. The van der Waals surface area contributed by atoms with Gasteiger partial charge in [-0.05, 0) is 12.1 Å². The van der Waals surface area contributed by atoms with Gasteiger partial charge < -0.3 is 5.11 Å². The van der Waals surface area contributed by atoms with Gasteiger partial charge in [-0.25, -0.2) is 22.0 Å². The summed E-state index contributed by atoms with van der Waals surface area (Å²) in [6.07, 6.45) is 0. The number of nitrogens with two attached hydrogens (primary N) is 1. The van der Waals surface area contributed by atoms with Crippen LogP contribution in [0.1, 0.15) is 0 Å². The molecule has 1 saturated heterocycles. The largest absolute Gasteiger partial charge is 0.395 e. The average molecular weight is 392 g/mol. The van der Waals surface area contributed by atoms with Crippen LogP contribution in [0.25, 0.3) is 0 Å². The normalized spacial score (nSPS) is 18.1. The third-order valence-corrected chi connectivity index (χ3v) is 8.07. The molecular formula is C10H18ClN3O5S3. The molecule has 2 heterocycles. The highest BCUT2D eigenvalue weighted by Crippen LogP contribution is 2.27. The molecule has 0 saturated carbocycles. The van der Waals surface area contributed by atoms with Gasteiger partial charge in [-0.15, -0.1) is 23.7 Å². The third kappa shape index (κ3) is 4.38. The zero-order valence-corrected chi connectivity index (χ0v) is 14.8. The van der Waals surface area contributed by atoms with E-state index >= 15 is 0 Å². The molecule has 1 aliphatic rings. The Hall–Kier alpha value is -0.270. The molecule has 0 aliphatic carbocycles. The number of hydrogen-bond acceptors (Lipinski definition) is 7. The molecule has 22 heavy (non-hydrogen) atoms. The lowest BCUT2D eigenvalue weighted by Crippen LogP contribution is -2.49. The molecule has 0 spiro atoms. The van der Waals surface area contributed by atoms with Crippen LogP contribution >= 0.6 is 23.7 Å². The van der Waals surface area contributed by atoms with Crippen molar-refractivity contribution >= 4 is 43.8 Å². The number of sulfonamides is 2. The Bertz CT molecular complexity index is 695. The quantitative estimate of drug-likeness (QED) is 0.672. The first-order valence-corrected chi connectivity index (χ1v) is 10.0. The second kappa shape index (κ2) is 7.53. The number of rotatable bonds is 5. The maximum atomic E-state index is 12.4. The van der Waals surface area contributed by atoms with Crippen LogP contribution in [0.3, 0.4) is 0 Å². The van der Waals surface area contributed by atoms with Crippen molar-refractivity contribution in [3.63, 3.8) is 0 Å². The maximum Gasteiger partial charge on any atom is 0.252 e. The second-order valence-electron chi connectivity index (χ2n) is 4.59. The molecule has 0 unspecified atom stereocenters. The Kier molecular flexibility index (Phi) is 6.77. The van der Waals surface area contributed by atoms with Crippen LogP contribution in [0.5, 0.6) is 0 Å². The summed E-state index contributed by atoms with van der Waals surface area (Å²) in [5.41, 5.74) is 0. The predicted molar refractivity (Wildman–Crippen MR) is 85.2 cm³/mol. The molecule has 0 atom stereocenters. The van der Waals surface area contributed by atoms with E-state index < -0.39 is 20.0 Å². The molecule has 0 aromatic carbocycles. The SMILES string of the molecule is Cl.NS(=O)(=O)c1ccc(S(=O)(=O)N2CCN(CCO)CC2)s1. The van der Waals surface area contributed by atoms with Crippen molar-refractivity contribution in [2.75, 3.05) is 39.3 Å². The lowest BCUT2D eigenvalue weighted by Gasteiger charge is -2.33. The van der Waals surface area contributed by atoms with Crippen LogP contribution in [0.15, 0.2) is 20.6 Å². The number of halogens is 1. The van der Waals surface area contributed by atoms with Crippen LogP contribution < -0.4 is 5.14 Å². The molecule has 1 aromatic rings. The van der Waals surface area contributed by atoms with Crippen molar-refractivity contribution in [1.29, 1.82) is 0 Å². The number of aliphatic hydroxyl groups is 1. The Morgan fingerprint density at radius 2 is 1.64 bits per heavy atom. The summed E-state index contributed by atoms with van der Waals surface area (Å²) in [7, 11) is -7.59. The number of thiophene rings is 1. The van der Waals surface area contributed by atoms with Gasteiger partial charge in [-0.2, -0.15) is 4.31 Å². The minimum atomic E-state index is -3.89. The summed E-state index contributed by atoms with van der Waals surface area (Å²) in [6.45, 7) is 2.24. The lowest BCUT2D eigenvalue weighted by atomic mass is 10.4. The van der Waals surface area contributed by atoms with E-state index in [9.17, 15) is 16.8 Å². The van der Waals surface area contributed by atoms with Crippen molar-refractivity contribution in [3.8, 4) is 0 Å². The van der Waals surface area contributed by atoms with Crippen molar-refractivity contribution < 1.29 is 21.9 Å². The summed E-state index contributed by atoms with van der Waals surface area (Å²) in [5, 5.41) is 13.8. The van der Waals surface area contributed by atoms with Crippen LogP contribution in [0.2, 0.25) is 0 Å². The molecule has 0 amide bonds. The van der Waals surface area contributed by atoms with Crippen LogP contribution in [-0.4, -0.2) is 70.5 Å². The summed E-state index contributed by atoms with van der Waals surface area (Å²) in [4.78, 5) is 1.97. The first kappa shape index (κ1) is 19.8. The van der Waals surface area contributed by atoms with Gasteiger partial charge in [0.05, 0.1) is 6.61 Å². The molecule has 2 rings (SSSR count). The third-order valence-electron chi connectivity index (χ3n) is 3.18. The van der Waals surface area contributed by atoms with Crippen LogP contribution in [-0.2, 0) is 20.0 Å². The molecule has 8 nitrogen and oxygen atoms in total. The van der Waals surface area contributed by atoms with Gasteiger partial charge in [-0.3, -0.25) is 4.90 Å². The van der Waals surface area contributed by atoms with Crippen molar-refractivity contribution in [2.24, 2.45) is 5.14 Å². The standard InChI is InChI=1S/C10H17N3O5S3.ClH/c11-20(15,16)9-1-2-10(19-9)21(17,18)13-5-3-12(4-6-13)7-8-14;/h1-2,14H,3-8H2,(H2,11,15,16);1H. The van der Waals surface area contributed by atoms with Crippen molar-refractivity contribution in [2.45, 2.75) is 8.42 Å². The monoisotopic (exact) mass is 391 g/mol. The zero-order chi connectivity index (χ0) is 15.7. The van der Waals surface area contributed by atoms with Gasteiger partial charge >= 0.3 is 0 Å². The number of nitrogens with zero attached hydrogens (tertiary/aromatic N) is 2. The topological polar surface area (TPSA) is 121 Å². The minimum Gasteiger partial charge on any atom is -0.395 e. The van der Waals surface area contributed by atoms with Crippen molar-refractivity contribution in [3.05, 3.63) is 12.1 Å². The van der Waals surface area contributed by atoms with Crippen molar-refractivity contribution in [1.82, 2.24) is 9.21 Å². The first-order valence-electron chi connectivity index (χ1n) is 6.21. The molecule has 3 N–H and O–H groups in total. The fourth-order valence-corrected chi connectivity index (χ4v) is 5.82. The van der Waals surface area contributed by atoms with E-state index in [0.717, 1.165) is 0 Å². The minimum absolute atomic E-state index is 0. The number of β-amino-alcohol motifs (C(OH)–C–C–N with tert-alkyl or cyclic N) is 1.